The lowest BCUT2D eigenvalue weighted by Crippen LogP contribution is -2.20. The number of aryl methyl sites for hydroxylation is 1. The summed E-state index contributed by atoms with van der Waals surface area (Å²) in [4.78, 5) is 28.9. The Morgan fingerprint density at radius 2 is 1.81 bits per heavy atom. The van der Waals surface area contributed by atoms with Crippen molar-refractivity contribution in [3.63, 3.8) is 0 Å². The fourth-order valence-electron chi connectivity index (χ4n) is 2.88. The van der Waals surface area contributed by atoms with Crippen molar-refractivity contribution in [2.45, 2.75) is 33.2 Å². The molecule has 6 nitrogen and oxygen atoms in total. The average Bonchev–Trinajstić information content (AvgIpc) is 3.04. The molecule has 1 amide bonds. The number of amides is 1. The minimum atomic E-state index is -0.354. The zero-order chi connectivity index (χ0) is 19.2. The topological polar surface area (TPSA) is 73.2 Å². The number of para-hydroxylation sites is 2. The van der Waals surface area contributed by atoms with Gasteiger partial charge in [-0.3, -0.25) is 4.79 Å². The molecule has 0 aliphatic rings. The molecule has 0 spiro atoms. The molecule has 0 radical (unpaired) electrons. The summed E-state index contributed by atoms with van der Waals surface area (Å²) >= 11 is 0. The van der Waals surface area contributed by atoms with Crippen LogP contribution in [0.4, 0.5) is 5.69 Å². The van der Waals surface area contributed by atoms with Gasteiger partial charge in [0, 0.05) is 12.1 Å². The Hall–Kier alpha value is -3.15. The van der Waals surface area contributed by atoms with Gasteiger partial charge in [0.15, 0.2) is 0 Å². The summed E-state index contributed by atoms with van der Waals surface area (Å²) in [5, 5.41) is 2.87. The van der Waals surface area contributed by atoms with Crippen molar-refractivity contribution >= 4 is 28.6 Å². The number of imidazole rings is 1. The first-order valence-electron chi connectivity index (χ1n) is 9.13. The molecular weight excluding hydrogens is 342 g/mol. The van der Waals surface area contributed by atoms with Gasteiger partial charge < -0.3 is 14.6 Å². The first kappa shape index (κ1) is 18.6. The van der Waals surface area contributed by atoms with Gasteiger partial charge in [-0.15, -0.1) is 0 Å². The van der Waals surface area contributed by atoms with Gasteiger partial charge in [0.2, 0.25) is 5.91 Å². The van der Waals surface area contributed by atoms with Gasteiger partial charge in [-0.25, -0.2) is 9.78 Å². The first-order valence-corrected chi connectivity index (χ1v) is 9.13. The van der Waals surface area contributed by atoms with E-state index in [4.69, 9.17) is 4.74 Å². The fraction of sp³-hybridized carbons (Fsp3) is 0.286. The second kappa shape index (κ2) is 8.49. The predicted molar refractivity (Wildman–Crippen MR) is 105 cm³/mol. The molecule has 1 N–H and O–H groups in total. The van der Waals surface area contributed by atoms with Crippen LogP contribution in [0.2, 0.25) is 0 Å². The monoisotopic (exact) mass is 365 g/mol. The molecule has 0 saturated carbocycles. The maximum absolute atomic E-state index is 12.5. The molecule has 0 atom stereocenters. The van der Waals surface area contributed by atoms with Gasteiger partial charge in [0.25, 0.3) is 0 Å². The van der Waals surface area contributed by atoms with E-state index in [-0.39, 0.29) is 18.4 Å². The number of hydrogen-bond acceptors (Lipinski definition) is 4. The minimum absolute atomic E-state index is 0.144. The van der Waals surface area contributed by atoms with Crippen molar-refractivity contribution in [1.82, 2.24) is 9.55 Å². The van der Waals surface area contributed by atoms with Crippen LogP contribution in [0.15, 0.2) is 48.5 Å². The number of carbonyl (C=O) groups is 2. The molecule has 0 aliphatic carbocycles. The van der Waals surface area contributed by atoms with Crippen molar-refractivity contribution in [3.8, 4) is 0 Å². The number of aromatic nitrogens is 2. The van der Waals surface area contributed by atoms with E-state index in [9.17, 15) is 9.59 Å². The van der Waals surface area contributed by atoms with Crippen molar-refractivity contribution in [2.24, 2.45) is 0 Å². The average molecular weight is 365 g/mol. The molecule has 1 aromatic heterocycles. The Balaban J connectivity index is 1.69. The number of esters is 1. The summed E-state index contributed by atoms with van der Waals surface area (Å²) in [5.41, 5.74) is 2.93. The number of carbonyl (C=O) groups excluding carboxylic acids is 2. The molecule has 3 rings (SSSR count). The molecule has 0 fully saturated rings. The van der Waals surface area contributed by atoms with Crippen LogP contribution in [0.25, 0.3) is 11.0 Å². The predicted octanol–water partition coefficient (Wildman–Crippen LogP) is 3.80. The van der Waals surface area contributed by atoms with Crippen LogP contribution >= 0.6 is 0 Å². The second-order valence-electron chi connectivity index (χ2n) is 6.22. The van der Waals surface area contributed by atoms with Crippen LogP contribution in [0.5, 0.6) is 0 Å². The molecule has 27 heavy (non-hydrogen) atoms. The third-order valence-electron chi connectivity index (χ3n) is 4.19. The molecule has 0 aliphatic heterocycles. The fourth-order valence-corrected chi connectivity index (χ4v) is 2.88. The van der Waals surface area contributed by atoms with Crippen LogP contribution in [0.1, 0.15) is 36.5 Å². The Morgan fingerprint density at radius 1 is 1.07 bits per heavy atom. The summed E-state index contributed by atoms with van der Waals surface area (Å²) in [6.45, 7) is 4.55. The van der Waals surface area contributed by atoms with Crippen LogP contribution < -0.4 is 5.32 Å². The van der Waals surface area contributed by atoms with E-state index in [1.807, 2.05) is 42.7 Å². The molecule has 2 aromatic carbocycles. The highest BCUT2D eigenvalue weighted by Crippen LogP contribution is 2.17. The van der Waals surface area contributed by atoms with E-state index in [1.54, 1.807) is 24.3 Å². The van der Waals surface area contributed by atoms with Crippen LogP contribution in [0, 0.1) is 0 Å². The summed E-state index contributed by atoms with van der Waals surface area (Å²) < 4.78 is 7.03. The number of ether oxygens (including phenoxy) is 1. The highest BCUT2D eigenvalue weighted by Gasteiger charge is 2.13. The maximum atomic E-state index is 12.5. The third kappa shape index (κ3) is 4.34. The van der Waals surface area contributed by atoms with Crippen molar-refractivity contribution < 1.29 is 14.3 Å². The second-order valence-corrected chi connectivity index (χ2v) is 6.22. The largest absolute Gasteiger partial charge is 0.462 e. The van der Waals surface area contributed by atoms with E-state index in [2.05, 4.69) is 10.3 Å². The molecule has 0 saturated heterocycles. The Morgan fingerprint density at radius 3 is 2.52 bits per heavy atom. The molecule has 1 heterocycles. The van der Waals surface area contributed by atoms with E-state index >= 15 is 0 Å². The standard InChI is InChI=1S/C21H23N3O3/c1-3-13-27-21(26)15-9-11-16(12-10-15)22-20(25)14-24-18-8-6-5-7-17(18)23-19(24)4-2/h5-12H,3-4,13-14H2,1-2H3,(H,22,25). The molecule has 0 bridgehead atoms. The van der Waals surface area contributed by atoms with Crippen LogP contribution in [-0.4, -0.2) is 28.0 Å². The maximum Gasteiger partial charge on any atom is 0.338 e. The van der Waals surface area contributed by atoms with Gasteiger partial charge in [-0.1, -0.05) is 26.0 Å². The number of fused-ring (bicyclic) bond motifs is 1. The van der Waals surface area contributed by atoms with Gasteiger partial charge in [-0.2, -0.15) is 0 Å². The van der Waals surface area contributed by atoms with Crippen molar-refractivity contribution in [1.29, 1.82) is 0 Å². The summed E-state index contributed by atoms with van der Waals surface area (Å²) in [5.74, 6) is 0.377. The lowest BCUT2D eigenvalue weighted by molar-refractivity contribution is -0.116. The molecular formula is C21H23N3O3. The molecule has 6 heteroatoms. The van der Waals surface area contributed by atoms with E-state index < -0.39 is 0 Å². The lowest BCUT2D eigenvalue weighted by Gasteiger charge is -2.10. The summed E-state index contributed by atoms with van der Waals surface area (Å²) in [7, 11) is 0. The van der Waals surface area contributed by atoms with Gasteiger partial charge >= 0.3 is 5.97 Å². The first-order chi connectivity index (χ1) is 13.1. The Kier molecular flexibility index (Phi) is 5.86. The highest BCUT2D eigenvalue weighted by molar-refractivity contribution is 5.93. The van der Waals surface area contributed by atoms with Gasteiger partial charge in [0.1, 0.15) is 12.4 Å². The van der Waals surface area contributed by atoms with Gasteiger partial charge in [-0.05, 0) is 42.8 Å². The number of anilines is 1. The smallest absolute Gasteiger partial charge is 0.338 e. The SMILES string of the molecule is CCCOC(=O)c1ccc(NC(=O)Cn2c(CC)nc3ccccc32)cc1. The molecule has 3 aromatic rings. The lowest BCUT2D eigenvalue weighted by atomic mass is 10.2. The zero-order valence-electron chi connectivity index (χ0n) is 15.6. The van der Waals surface area contributed by atoms with Crippen molar-refractivity contribution in [2.75, 3.05) is 11.9 Å². The molecule has 140 valence electrons. The van der Waals surface area contributed by atoms with Crippen molar-refractivity contribution in [3.05, 3.63) is 59.9 Å². The quantitative estimate of drug-likeness (QED) is 0.646. The zero-order valence-corrected chi connectivity index (χ0v) is 15.6. The number of rotatable bonds is 7. The van der Waals surface area contributed by atoms with Crippen LogP contribution in [0.3, 0.4) is 0 Å². The molecule has 0 unspecified atom stereocenters. The van der Waals surface area contributed by atoms with Gasteiger partial charge in [0.05, 0.1) is 23.2 Å². The number of nitrogens with zero attached hydrogens (tertiary/aromatic N) is 2. The summed E-state index contributed by atoms with van der Waals surface area (Å²) in [6.07, 6.45) is 1.53. The Labute approximate surface area is 158 Å². The number of nitrogens with one attached hydrogen (secondary N) is 1. The highest BCUT2D eigenvalue weighted by atomic mass is 16.5. The third-order valence-corrected chi connectivity index (χ3v) is 4.19. The Bertz CT molecular complexity index is 945. The van der Waals surface area contributed by atoms with E-state index in [1.165, 1.54) is 0 Å². The summed E-state index contributed by atoms with van der Waals surface area (Å²) in [6, 6.07) is 14.5. The van der Waals surface area contributed by atoms with E-state index in [0.29, 0.717) is 17.9 Å². The van der Waals surface area contributed by atoms with Crippen LogP contribution in [-0.2, 0) is 22.5 Å². The number of hydrogen-bond donors (Lipinski definition) is 1. The normalized spacial score (nSPS) is 10.7. The number of benzene rings is 2. The minimum Gasteiger partial charge on any atom is -0.462 e. The van der Waals surface area contributed by atoms with E-state index in [0.717, 1.165) is 29.7 Å².